The molecule has 78 valence electrons. The van der Waals surface area contributed by atoms with Gasteiger partial charge in [-0.3, -0.25) is 0 Å². The van der Waals surface area contributed by atoms with E-state index in [2.05, 4.69) is 26.9 Å². The highest BCUT2D eigenvalue weighted by Crippen LogP contribution is 2.45. The van der Waals surface area contributed by atoms with E-state index in [1.807, 2.05) is 0 Å². The van der Waals surface area contributed by atoms with Crippen LogP contribution in [0.5, 0.6) is 0 Å². The van der Waals surface area contributed by atoms with Crippen LogP contribution in [0.2, 0.25) is 0 Å². The standard InChI is InChI=1S/C5H14P.C4BN4/c1-5-6(2,3)4;6-1-5(2-7,3-8)4-9/h5H2,1-4H3;/q+1;-1. The Morgan fingerprint density at radius 2 is 1.07 bits per heavy atom. The van der Waals surface area contributed by atoms with E-state index in [-0.39, 0.29) is 0 Å². The van der Waals surface area contributed by atoms with Gasteiger partial charge in [0.1, 0.15) is 0 Å². The lowest BCUT2D eigenvalue weighted by Crippen LogP contribution is -2.26. The molecule has 0 aliphatic heterocycles. The Labute approximate surface area is 92.0 Å². The van der Waals surface area contributed by atoms with Gasteiger partial charge in [-0.15, -0.1) is 23.9 Å². The van der Waals surface area contributed by atoms with Gasteiger partial charge in [0.05, 0.1) is 6.16 Å². The predicted molar refractivity (Wildman–Crippen MR) is 63.4 cm³/mol. The maximum atomic E-state index is 8.09. The van der Waals surface area contributed by atoms with Crippen molar-refractivity contribution in [1.82, 2.24) is 0 Å². The van der Waals surface area contributed by atoms with E-state index in [4.69, 9.17) is 21.0 Å². The van der Waals surface area contributed by atoms with Crippen LogP contribution >= 0.6 is 7.26 Å². The normalized spacial score (nSPS) is 9.33. The van der Waals surface area contributed by atoms with E-state index in [9.17, 15) is 0 Å². The highest BCUT2D eigenvalue weighted by molar-refractivity contribution is 7.73. The second-order valence-electron chi connectivity index (χ2n) is 3.99. The molecular weight excluding hydrogens is 206 g/mol. The molecule has 0 heterocycles. The Morgan fingerprint density at radius 1 is 0.867 bits per heavy atom. The van der Waals surface area contributed by atoms with Crippen molar-refractivity contribution in [2.75, 3.05) is 26.2 Å². The lowest BCUT2D eigenvalue weighted by Gasteiger charge is -2.05. The average Bonchev–Trinajstić information content (AvgIpc) is 2.22. The number of rotatable bonds is 1. The molecule has 0 saturated carbocycles. The predicted octanol–water partition coefficient (Wildman–Crippen LogP) is 1.60. The second-order valence-corrected chi connectivity index (χ2v) is 9.20. The Hall–Kier alpha value is -1.55. The molecule has 0 aliphatic rings. The average molecular weight is 220 g/mol. The second kappa shape index (κ2) is 6.84. The van der Waals surface area contributed by atoms with Crippen molar-refractivity contribution in [2.45, 2.75) is 6.92 Å². The van der Waals surface area contributed by atoms with Crippen molar-refractivity contribution >= 4 is 13.4 Å². The molecule has 15 heavy (non-hydrogen) atoms. The summed E-state index contributed by atoms with van der Waals surface area (Å²) in [6.07, 6.45) is -1.34. The van der Waals surface area contributed by atoms with Crippen LogP contribution in [-0.2, 0) is 0 Å². The van der Waals surface area contributed by atoms with Crippen LogP contribution < -0.4 is 0 Å². The van der Waals surface area contributed by atoms with Gasteiger partial charge in [-0.1, -0.05) is 0 Å². The Bertz CT molecular complexity index is 297. The van der Waals surface area contributed by atoms with E-state index in [1.165, 1.54) is 30.0 Å². The molecule has 0 saturated heterocycles. The van der Waals surface area contributed by atoms with Crippen molar-refractivity contribution in [3.05, 3.63) is 0 Å². The van der Waals surface area contributed by atoms with Crippen molar-refractivity contribution in [1.29, 1.82) is 21.0 Å². The summed E-state index contributed by atoms with van der Waals surface area (Å²) in [5, 5.41) is 32.3. The van der Waals surface area contributed by atoms with E-state index in [0.29, 0.717) is 0 Å². The van der Waals surface area contributed by atoms with Crippen molar-refractivity contribution in [3.63, 3.8) is 0 Å². The first-order chi connectivity index (χ1) is 6.80. The topological polar surface area (TPSA) is 95.2 Å². The largest absolute Gasteiger partial charge is 0.383 e. The van der Waals surface area contributed by atoms with Crippen LogP contribution in [0, 0.1) is 44.9 Å². The molecule has 0 spiro atoms. The lowest BCUT2D eigenvalue weighted by atomic mass is 9.30. The molecule has 0 aromatic heterocycles. The van der Waals surface area contributed by atoms with Crippen LogP contribution in [-0.4, -0.2) is 32.3 Å². The van der Waals surface area contributed by atoms with Crippen LogP contribution in [0.4, 0.5) is 0 Å². The summed E-state index contributed by atoms with van der Waals surface area (Å²) in [6, 6.07) is 0. The third-order valence-corrected chi connectivity index (χ3v) is 3.62. The summed E-state index contributed by atoms with van der Waals surface area (Å²) >= 11 is 0. The minimum absolute atomic E-state index is 0.397. The smallest absolute Gasteiger partial charge is 0.245 e. The molecule has 0 aromatic rings. The third-order valence-electron chi connectivity index (χ3n) is 1.72. The van der Waals surface area contributed by atoms with E-state index in [1.54, 1.807) is 0 Å². The Morgan fingerprint density at radius 3 is 1.07 bits per heavy atom. The highest BCUT2D eigenvalue weighted by Gasteiger charge is 2.22. The molecule has 0 unspecified atom stereocenters. The van der Waals surface area contributed by atoms with Gasteiger partial charge in [-0.05, 0) is 6.92 Å². The van der Waals surface area contributed by atoms with Gasteiger partial charge < -0.3 is 0 Å². The Kier molecular flexibility index (Phi) is 7.26. The lowest BCUT2D eigenvalue weighted by molar-refractivity contribution is 1.47. The Balaban J connectivity index is 0. The zero-order chi connectivity index (χ0) is 12.5. The van der Waals surface area contributed by atoms with Crippen LogP contribution in [0.15, 0.2) is 0 Å². The summed E-state index contributed by atoms with van der Waals surface area (Å²) < 4.78 is 0. The first kappa shape index (κ1) is 15.9. The van der Waals surface area contributed by atoms with Crippen LogP contribution in [0.25, 0.3) is 0 Å². The molecule has 0 radical (unpaired) electrons. The zero-order valence-corrected chi connectivity index (χ0v) is 10.4. The van der Waals surface area contributed by atoms with Crippen LogP contribution in [0.3, 0.4) is 0 Å². The highest BCUT2D eigenvalue weighted by atomic mass is 31.2. The monoisotopic (exact) mass is 220 g/mol. The fraction of sp³-hybridized carbons (Fsp3) is 0.556. The molecule has 0 rings (SSSR count). The zero-order valence-electron chi connectivity index (χ0n) is 9.52. The maximum Gasteiger partial charge on any atom is 0.383 e. The first-order valence-corrected chi connectivity index (χ1v) is 7.73. The molecule has 4 nitrogen and oxygen atoms in total. The summed E-state index contributed by atoms with van der Waals surface area (Å²) in [5.41, 5.74) is 0. The van der Waals surface area contributed by atoms with Gasteiger partial charge >= 0.3 is 6.15 Å². The fourth-order valence-electron chi connectivity index (χ4n) is 0.173. The number of hydrogen-bond donors (Lipinski definition) is 0. The summed E-state index contributed by atoms with van der Waals surface area (Å²) in [4.78, 5) is 0. The maximum absolute atomic E-state index is 8.09. The van der Waals surface area contributed by atoms with Gasteiger partial charge in [0.15, 0.2) is 0 Å². The molecule has 0 fully saturated rings. The molecular formula is C9H14BN4P. The van der Waals surface area contributed by atoms with Crippen molar-refractivity contribution in [3.8, 4) is 23.9 Å². The molecule has 0 atom stereocenters. The fourth-order valence-corrected chi connectivity index (χ4v) is 0.173. The van der Waals surface area contributed by atoms with E-state index < -0.39 is 13.4 Å². The van der Waals surface area contributed by atoms with Gasteiger partial charge in [0.2, 0.25) is 0 Å². The van der Waals surface area contributed by atoms with Crippen molar-refractivity contribution in [2.24, 2.45) is 0 Å². The third kappa shape index (κ3) is 7.52. The first-order valence-electron chi connectivity index (χ1n) is 4.41. The van der Waals surface area contributed by atoms with Crippen molar-refractivity contribution < 1.29 is 0 Å². The van der Waals surface area contributed by atoms with Gasteiger partial charge in [-0.2, -0.15) is 0 Å². The summed E-state index contributed by atoms with van der Waals surface area (Å²) in [5.74, 6) is 5.38. The molecule has 0 N–H and O–H groups in total. The molecule has 0 aliphatic carbocycles. The van der Waals surface area contributed by atoms with Gasteiger partial charge in [0.25, 0.3) is 0 Å². The quantitative estimate of drug-likeness (QED) is 0.495. The number of hydrogen-bond acceptors (Lipinski definition) is 4. The minimum atomic E-state index is -2.72. The number of nitrogens with zero attached hydrogens (tertiary/aromatic N) is 4. The summed E-state index contributed by atoms with van der Waals surface area (Å²) in [7, 11) is -0.397. The van der Waals surface area contributed by atoms with E-state index >= 15 is 0 Å². The number of nitriles is 4. The molecule has 6 heteroatoms. The summed E-state index contributed by atoms with van der Waals surface area (Å²) in [6.45, 7) is 9.32. The molecule has 0 bridgehead atoms. The minimum Gasteiger partial charge on any atom is -0.245 e. The molecule has 0 amide bonds. The van der Waals surface area contributed by atoms with E-state index in [0.717, 1.165) is 0 Å². The molecule has 0 aromatic carbocycles. The van der Waals surface area contributed by atoms with Crippen LogP contribution in [0.1, 0.15) is 6.92 Å². The van der Waals surface area contributed by atoms with Gasteiger partial charge in [-0.25, -0.2) is 21.0 Å². The SMILES string of the molecule is CC[P+](C)(C)C.N#C[B-](C#N)(C#N)C#N. The van der Waals surface area contributed by atoms with Gasteiger partial charge in [0, 0.05) is 27.3 Å².